The van der Waals surface area contributed by atoms with E-state index in [2.05, 4.69) is 49.0 Å². The number of hydrogen-bond donors (Lipinski definition) is 6. The van der Waals surface area contributed by atoms with Crippen molar-refractivity contribution in [1.82, 2.24) is 21.3 Å². The van der Waals surface area contributed by atoms with Crippen LogP contribution in [0.15, 0.2) is 0 Å². The molecule has 0 aromatic carbocycles. The number of urea groups is 2. The summed E-state index contributed by atoms with van der Waals surface area (Å²) in [6, 6.07) is -0.688. The number of thioether (sulfide) groups is 1. The predicted octanol–water partition coefficient (Wildman–Crippen LogP) is 3.21. The van der Waals surface area contributed by atoms with Gasteiger partial charge >= 0.3 is 30.2 Å². The highest BCUT2D eigenvalue weighted by Crippen LogP contribution is 2.33. The Hall–Kier alpha value is -2.79. The van der Waals surface area contributed by atoms with Gasteiger partial charge in [-0.25, -0.2) is 14.4 Å². The molecule has 0 aromatic heterocycles. The summed E-state index contributed by atoms with van der Waals surface area (Å²) in [7, 11) is 0. The zero-order valence-corrected chi connectivity index (χ0v) is 24.3. The fourth-order valence-corrected chi connectivity index (χ4v) is 5.72. The van der Waals surface area contributed by atoms with Crippen molar-refractivity contribution in [1.29, 1.82) is 0 Å². The molecule has 2 rings (SSSR count). The normalized spacial score (nSPS) is 19.7. The number of carbonyl (C=O) groups is 4. The fourth-order valence-electron chi connectivity index (χ4n) is 4.18. The van der Waals surface area contributed by atoms with Crippen LogP contribution in [0.3, 0.4) is 0 Å². The van der Waals surface area contributed by atoms with E-state index < -0.39 is 24.0 Å². The molecule has 2 aliphatic rings. The van der Waals surface area contributed by atoms with E-state index in [1.165, 1.54) is 25.7 Å². The lowest BCUT2D eigenvalue weighted by molar-refractivity contribution is -0.191. The van der Waals surface area contributed by atoms with Gasteiger partial charge in [-0.2, -0.15) is 21.4 Å². The topological polar surface area (TPSA) is 191 Å². The Morgan fingerprint density at radius 1 is 0.974 bits per heavy atom. The number of fused-ring (bicyclic) bond motifs is 1. The van der Waals surface area contributed by atoms with Gasteiger partial charge in [-0.15, -0.1) is 0 Å². The maximum absolute atomic E-state index is 11.5. The second kappa shape index (κ2) is 21.1. The van der Waals surface area contributed by atoms with Crippen molar-refractivity contribution in [2.75, 3.05) is 12.3 Å². The molecular weight excluding hydrogens is 528 g/mol. The average Bonchev–Trinajstić information content (AvgIpc) is 3.38. The lowest BCUT2D eigenvalue weighted by Crippen LogP contribution is -2.46. The number of aliphatic carboxylic acids is 2. The molecule has 224 valence electrons. The molecule has 39 heavy (non-hydrogen) atoms. The van der Waals surface area contributed by atoms with Crippen LogP contribution in [-0.2, 0) is 19.2 Å². The minimum Gasteiger partial charge on any atom is -0.481 e. The van der Waals surface area contributed by atoms with E-state index in [0.717, 1.165) is 24.5 Å². The second-order valence-corrected chi connectivity index (χ2v) is 11.8. The van der Waals surface area contributed by atoms with Gasteiger partial charge in [-0.1, -0.05) is 59.8 Å². The highest BCUT2D eigenvalue weighted by Gasteiger charge is 2.42. The minimum absolute atomic E-state index is 0.0301. The molecule has 6 N–H and O–H groups in total. The van der Waals surface area contributed by atoms with E-state index in [4.69, 9.17) is 19.8 Å². The molecule has 0 aromatic rings. The standard InChI is InChI=1S/C13H24N2O5.C12H22N2OS.CO2/c1-9(2)5-3-6-10(12(18)19)15-13(20)14-8-4-7-11(16)17;1-8(2)5-3-4-6-10-11-9(7-16-10)13-12(15)14-11;2-1-3/h9-10H,3-8H2,1-2H3,(H,16,17)(H,18,19)(H2,14,15,20);8-11H,3-7H2,1-2H3,(H2,13,14,15);/t10-;9-,10-,11-;/m00./s1. The molecule has 0 saturated carbocycles. The van der Waals surface area contributed by atoms with Crippen molar-refractivity contribution in [3.05, 3.63) is 0 Å². The zero-order valence-electron chi connectivity index (χ0n) is 23.5. The van der Waals surface area contributed by atoms with Gasteiger partial charge in [0.1, 0.15) is 6.04 Å². The first-order valence-electron chi connectivity index (χ1n) is 13.6. The zero-order chi connectivity index (χ0) is 29.8. The molecule has 13 heteroatoms. The van der Waals surface area contributed by atoms with Crippen LogP contribution in [0.1, 0.15) is 85.5 Å². The summed E-state index contributed by atoms with van der Waals surface area (Å²) in [5.41, 5.74) is 0. The highest BCUT2D eigenvalue weighted by molar-refractivity contribution is 8.00. The molecule has 2 saturated heterocycles. The van der Waals surface area contributed by atoms with Crippen LogP contribution in [0, 0.1) is 11.8 Å². The van der Waals surface area contributed by atoms with Gasteiger partial charge in [0.15, 0.2) is 0 Å². The molecule has 0 radical (unpaired) electrons. The first-order valence-corrected chi connectivity index (χ1v) is 14.6. The van der Waals surface area contributed by atoms with Crippen molar-refractivity contribution >= 4 is 41.9 Å². The maximum Gasteiger partial charge on any atom is 0.373 e. The van der Waals surface area contributed by atoms with Gasteiger partial charge < -0.3 is 31.5 Å². The van der Waals surface area contributed by atoms with Crippen LogP contribution in [0.2, 0.25) is 0 Å². The third-order valence-electron chi connectivity index (χ3n) is 6.19. The molecule has 2 heterocycles. The van der Waals surface area contributed by atoms with Crippen molar-refractivity contribution in [2.45, 2.75) is 109 Å². The highest BCUT2D eigenvalue weighted by atomic mass is 32.2. The third kappa shape index (κ3) is 18.2. The van der Waals surface area contributed by atoms with Crippen molar-refractivity contribution in [2.24, 2.45) is 11.8 Å². The predicted molar refractivity (Wildman–Crippen MR) is 147 cm³/mol. The van der Waals surface area contributed by atoms with Gasteiger partial charge in [0, 0.05) is 24.0 Å². The molecule has 0 spiro atoms. The van der Waals surface area contributed by atoms with Crippen molar-refractivity contribution < 1.29 is 39.0 Å². The van der Waals surface area contributed by atoms with E-state index in [1.54, 1.807) is 0 Å². The molecule has 0 unspecified atom stereocenters. The van der Waals surface area contributed by atoms with Gasteiger partial charge in [0.25, 0.3) is 0 Å². The Labute approximate surface area is 235 Å². The van der Waals surface area contributed by atoms with E-state index in [1.807, 2.05) is 11.8 Å². The Balaban J connectivity index is 0.000000682. The van der Waals surface area contributed by atoms with Crippen molar-refractivity contribution in [3.8, 4) is 0 Å². The summed E-state index contributed by atoms with van der Waals surface area (Å²) in [5.74, 6) is 0.406. The largest absolute Gasteiger partial charge is 0.481 e. The minimum atomic E-state index is -1.06. The average molecular weight is 575 g/mol. The van der Waals surface area contributed by atoms with E-state index in [-0.39, 0.29) is 25.1 Å². The number of carboxylic acid groups (broad SMARTS) is 2. The van der Waals surface area contributed by atoms with Gasteiger partial charge in [-0.3, -0.25) is 4.79 Å². The molecule has 12 nitrogen and oxygen atoms in total. The fraction of sp³-hybridized carbons (Fsp3) is 0.808. The number of carboxylic acids is 2. The Bertz CT molecular complexity index is 790. The molecular formula is C26H46N4O8S. The number of rotatable bonds is 15. The summed E-state index contributed by atoms with van der Waals surface area (Å²) in [6.45, 7) is 8.87. The van der Waals surface area contributed by atoms with Gasteiger partial charge in [0.2, 0.25) is 0 Å². The Morgan fingerprint density at radius 2 is 1.59 bits per heavy atom. The van der Waals surface area contributed by atoms with Crippen LogP contribution < -0.4 is 21.3 Å². The van der Waals surface area contributed by atoms with Crippen LogP contribution in [0.25, 0.3) is 0 Å². The Morgan fingerprint density at radius 3 is 2.15 bits per heavy atom. The number of carbonyl (C=O) groups excluding carboxylic acids is 4. The van der Waals surface area contributed by atoms with Gasteiger partial charge in [-0.05, 0) is 31.1 Å². The quantitative estimate of drug-likeness (QED) is 0.126. The summed E-state index contributed by atoms with van der Waals surface area (Å²) < 4.78 is 0. The number of amides is 4. The number of hydrogen-bond acceptors (Lipinski definition) is 7. The SMILES string of the molecule is CC(C)CCCC[C@@H]1SC[C@@H]2NC(=O)N[C@@H]21.CC(C)CCC[C@H](NC(=O)NCCCC(=O)O)C(=O)O.O=C=O. The third-order valence-corrected chi connectivity index (χ3v) is 7.70. The van der Waals surface area contributed by atoms with E-state index >= 15 is 0 Å². The molecule has 2 fully saturated rings. The van der Waals surface area contributed by atoms with Gasteiger partial charge in [0.05, 0.1) is 12.1 Å². The molecule has 2 aliphatic heterocycles. The smallest absolute Gasteiger partial charge is 0.373 e. The number of unbranched alkanes of at least 4 members (excludes halogenated alkanes) is 1. The molecule has 4 atom stereocenters. The summed E-state index contributed by atoms with van der Waals surface area (Å²) in [6.07, 6.45) is 7.76. The first-order chi connectivity index (χ1) is 18.4. The first kappa shape index (κ1) is 36.2. The van der Waals surface area contributed by atoms with Crippen LogP contribution in [0.4, 0.5) is 9.59 Å². The van der Waals surface area contributed by atoms with Crippen LogP contribution in [-0.4, -0.2) is 76.0 Å². The summed E-state index contributed by atoms with van der Waals surface area (Å²) >= 11 is 2.02. The summed E-state index contributed by atoms with van der Waals surface area (Å²) in [4.78, 5) is 60.2. The monoisotopic (exact) mass is 574 g/mol. The Kier molecular flexibility index (Phi) is 19.6. The second-order valence-electron chi connectivity index (χ2n) is 10.5. The maximum atomic E-state index is 11.5. The molecule has 0 bridgehead atoms. The molecule has 0 aliphatic carbocycles. The lowest BCUT2D eigenvalue weighted by Gasteiger charge is -2.16. The van der Waals surface area contributed by atoms with Crippen LogP contribution in [0.5, 0.6) is 0 Å². The van der Waals surface area contributed by atoms with Crippen molar-refractivity contribution in [3.63, 3.8) is 0 Å². The number of nitrogens with one attached hydrogen (secondary N) is 4. The summed E-state index contributed by atoms with van der Waals surface area (Å²) in [5, 5.41) is 28.9. The van der Waals surface area contributed by atoms with E-state index in [0.29, 0.717) is 36.1 Å². The molecule has 4 amide bonds. The van der Waals surface area contributed by atoms with Crippen LogP contribution >= 0.6 is 11.8 Å². The lowest BCUT2D eigenvalue weighted by atomic mass is 10.0. The van der Waals surface area contributed by atoms with E-state index in [9.17, 15) is 19.2 Å².